The second kappa shape index (κ2) is 5.34. The molecular weight excluding hydrogens is 256 g/mol. The van der Waals surface area contributed by atoms with Gasteiger partial charge in [-0.3, -0.25) is 4.79 Å². The second-order valence-electron chi connectivity index (χ2n) is 5.74. The van der Waals surface area contributed by atoms with Gasteiger partial charge in [-0.05, 0) is 46.2 Å². The van der Waals surface area contributed by atoms with Gasteiger partial charge in [-0.25, -0.2) is 4.79 Å². The van der Waals surface area contributed by atoms with E-state index in [1.54, 1.807) is 9.80 Å². The highest BCUT2D eigenvalue weighted by atomic mass is 35.5. The summed E-state index contributed by atoms with van der Waals surface area (Å²) in [5, 5.41) is -0.474. The standard InChI is InChI=1S/C12H21ClN2O3/c1-8-7-15(11(17)18-12(3,4)5)9(2)6-14(8)10(13)16/h8-9H,6-7H2,1-5H3/t8-,9+/m0/s1. The van der Waals surface area contributed by atoms with Crippen molar-refractivity contribution in [1.82, 2.24) is 9.80 Å². The topological polar surface area (TPSA) is 49.9 Å². The lowest BCUT2D eigenvalue weighted by Gasteiger charge is -2.43. The van der Waals surface area contributed by atoms with Gasteiger partial charge in [0.2, 0.25) is 0 Å². The van der Waals surface area contributed by atoms with E-state index in [4.69, 9.17) is 16.3 Å². The summed E-state index contributed by atoms with van der Waals surface area (Å²) in [6.45, 7) is 10.1. The van der Waals surface area contributed by atoms with Crippen molar-refractivity contribution < 1.29 is 14.3 Å². The smallest absolute Gasteiger partial charge is 0.410 e. The van der Waals surface area contributed by atoms with E-state index in [2.05, 4.69) is 0 Å². The number of ether oxygens (including phenoxy) is 1. The zero-order valence-electron chi connectivity index (χ0n) is 11.6. The maximum Gasteiger partial charge on any atom is 0.410 e. The van der Waals surface area contributed by atoms with Crippen molar-refractivity contribution in [3.8, 4) is 0 Å². The first-order valence-electron chi connectivity index (χ1n) is 6.07. The van der Waals surface area contributed by atoms with Crippen LogP contribution in [0.2, 0.25) is 0 Å². The van der Waals surface area contributed by atoms with E-state index >= 15 is 0 Å². The molecule has 18 heavy (non-hydrogen) atoms. The molecule has 1 aliphatic heterocycles. The lowest BCUT2D eigenvalue weighted by atomic mass is 10.1. The summed E-state index contributed by atoms with van der Waals surface area (Å²) >= 11 is 5.50. The highest BCUT2D eigenvalue weighted by molar-refractivity contribution is 6.62. The van der Waals surface area contributed by atoms with Crippen molar-refractivity contribution in [2.24, 2.45) is 0 Å². The van der Waals surface area contributed by atoms with Crippen LogP contribution in [-0.4, -0.2) is 52.0 Å². The third-order valence-electron chi connectivity index (χ3n) is 2.84. The maximum absolute atomic E-state index is 12.0. The minimum atomic E-state index is -0.514. The van der Waals surface area contributed by atoms with Crippen LogP contribution in [0.5, 0.6) is 0 Å². The van der Waals surface area contributed by atoms with E-state index in [-0.39, 0.29) is 18.2 Å². The molecule has 0 aliphatic carbocycles. The van der Waals surface area contributed by atoms with Gasteiger partial charge in [0.05, 0.1) is 0 Å². The quantitative estimate of drug-likeness (QED) is 0.505. The molecule has 1 rings (SSSR count). The minimum absolute atomic E-state index is 0.0984. The normalized spacial score (nSPS) is 25.0. The molecule has 104 valence electrons. The Kier molecular flexibility index (Phi) is 4.48. The molecule has 0 radical (unpaired) electrons. The van der Waals surface area contributed by atoms with Gasteiger partial charge in [-0.2, -0.15) is 0 Å². The molecule has 0 aromatic heterocycles. The molecule has 6 heteroatoms. The minimum Gasteiger partial charge on any atom is -0.444 e. The molecule has 1 saturated heterocycles. The third kappa shape index (κ3) is 3.77. The Morgan fingerprint density at radius 1 is 1.11 bits per heavy atom. The van der Waals surface area contributed by atoms with Crippen molar-refractivity contribution >= 4 is 23.1 Å². The number of halogens is 1. The zero-order valence-corrected chi connectivity index (χ0v) is 12.3. The van der Waals surface area contributed by atoms with Crippen LogP contribution in [0.15, 0.2) is 0 Å². The van der Waals surface area contributed by atoms with Crippen molar-refractivity contribution in [1.29, 1.82) is 0 Å². The Morgan fingerprint density at radius 2 is 1.56 bits per heavy atom. The Morgan fingerprint density at radius 3 is 2.00 bits per heavy atom. The molecule has 0 saturated carbocycles. The van der Waals surface area contributed by atoms with Crippen LogP contribution < -0.4 is 0 Å². The molecule has 0 spiro atoms. The summed E-state index contributed by atoms with van der Waals surface area (Å²) in [7, 11) is 0. The van der Waals surface area contributed by atoms with Crippen molar-refractivity contribution in [3.63, 3.8) is 0 Å². The number of rotatable bonds is 0. The molecule has 1 heterocycles. The number of piperazine rings is 1. The summed E-state index contributed by atoms with van der Waals surface area (Å²) in [4.78, 5) is 26.4. The van der Waals surface area contributed by atoms with Crippen molar-refractivity contribution in [2.75, 3.05) is 13.1 Å². The Bertz CT molecular complexity index is 341. The first kappa shape index (κ1) is 15.1. The first-order valence-corrected chi connectivity index (χ1v) is 6.45. The lowest BCUT2D eigenvalue weighted by Crippen LogP contribution is -2.59. The molecule has 0 aromatic carbocycles. The Hall–Kier alpha value is -0.970. The van der Waals surface area contributed by atoms with E-state index < -0.39 is 11.0 Å². The van der Waals surface area contributed by atoms with Crippen LogP contribution in [0, 0.1) is 0 Å². The maximum atomic E-state index is 12.0. The number of carbonyl (C=O) groups is 2. The summed E-state index contributed by atoms with van der Waals surface area (Å²) in [5.74, 6) is 0. The van der Waals surface area contributed by atoms with Gasteiger partial charge in [-0.15, -0.1) is 0 Å². The highest BCUT2D eigenvalue weighted by Gasteiger charge is 2.35. The van der Waals surface area contributed by atoms with Gasteiger partial charge in [0, 0.05) is 25.2 Å². The van der Waals surface area contributed by atoms with Crippen LogP contribution in [0.4, 0.5) is 9.59 Å². The number of amides is 2. The fraction of sp³-hybridized carbons (Fsp3) is 0.833. The number of carbonyl (C=O) groups excluding carboxylic acids is 2. The van der Waals surface area contributed by atoms with Gasteiger partial charge < -0.3 is 14.5 Å². The number of hydrogen-bond donors (Lipinski definition) is 0. The van der Waals surface area contributed by atoms with E-state index in [9.17, 15) is 9.59 Å². The van der Waals surface area contributed by atoms with Crippen molar-refractivity contribution in [3.05, 3.63) is 0 Å². The van der Waals surface area contributed by atoms with E-state index in [1.165, 1.54) is 0 Å². The predicted octanol–water partition coefficient (Wildman–Crippen LogP) is 2.67. The van der Waals surface area contributed by atoms with Crippen LogP contribution in [-0.2, 0) is 4.74 Å². The number of nitrogens with zero attached hydrogens (tertiary/aromatic N) is 2. The molecular formula is C12H21ClN2O3. The molecule has 5 nitrogen and oxygen atoms in total. The van der Waals surface area contributed by atoms with Gasteiger partial charge in [0.15, 0.2) is 0 Å². The van der Waals surface area contributed by atoms with Gasteiger partial charge >= 0.3 is 11.5 Å². The number of hydrogen-bond acceptors (Lipinski definition) is 3. The van der Waals surface area contributed by atoms with Crippen LogP contribution in [0.1, 0.15) is 34.6 Å². The summed E-state index contributed by atoms with van der Waals surface area (Å²) in [6, 6.07) is -0.197. The molecule has 2 amide bonds. The fourth-order valence-corrected chi connectivity index (χ4v) is 2.18. The van der Waals surface area contributed by atoms with Crippen molar-refractivity contribution in [2.45, 2.75) is 52.3 Å². The van der Waals surface area contributed by atoms with E-state index in [0.717, 1.165) is 0 Å². The predicted molar refractivity (Wildman–Crippen MR) is 69.8 cm³/mol. The van der Waals surface area contributed by atoms with E-state index in [1.807, 2.05) is 34.6 Å². The molecule has 1 aliphatic rings. The first-order chi connectivity index (χ1) is 8.11. The van der Waals surface area contributed by atoms with Crippen LogP contribution in [0.25, 0.3) is 0 Å². The molecule has 0 bridgehead atoms. The average molecular weight is 277 g/mol. The second-order valence-corrected chi connectivity index (χ2v) is 6.06. The highest BCUT2D eigenvalue weighted by Crippen LogP contribution is 2.19. The molecule has 1 fully saturated rings. The zero-order chi connectivity index (χ0) is 14.1. The SMILES string of the molecule is C[C@@H]1CN(C(=O)Cl)[C@@H](C)CN1C(=O)OC(C)(C)C. The lowest BCUT2D eigenvalue weighted by molar-refractivity contribution is -0.00172. The summed E-state index contributed by atoms with van der Waals surface area (Å²) < 4.78 is 5.34. The Balaban J connectivity index is 2.70. The van der Waals surface area contributed by atoms with Gasteiger partial charge in [-0.1, -0.05) is 0 Å². The molecule has 0 aromatic rings. The summed E-state index contributed by atoms with van der Waals surface area (Å²) in [6.07, 6.45) is -0.344. The average Bonchev–Trinajstić information content (AvgIpc) is 2.17. The Labute approximate surface area is 113 Å². The van der Waals surface area contributed by atoms with Gasteiger partial charge in [0.25, 0.3) is 0 Å². The molecule has 2 atom stereocenters. The van der Waals surface area contributed by atoms with Gasteiger partial charge in [0.1, 0.15) is 5.60 Å². The van der Waals surface area contributed by atoms with Crippen LogP contribution in [0.3, 0.4) is 0 Å². The van der Waals surface area contributed by atoms with Crippen LogP contribution >= 0.6 is 11.6 Å². The monoisotopic (exact) mass is 276 g/mol. The molecule has 0 unspecified atom stereocenters. The molecule has 0 N–H and O–H groups in total. The third-order valence-corrected chi connectivity index (χ3v) is 3.06. The fourth-order valence-electron chi connectivity index (χ4n) is 1.95. The van der Waals surface area contributed by atoms with E-state index in [0.29, 0.717) is 13.1 Å². The summed E-state index contributed by atoms with van der Waals surface area (Å²) in [5.41, 5.74) is -0.514. The largest absolute Gasteiger partial charge is 0.444 e.